The number of hydrogen-bond donors (Lipinski definition) is 0. The molecule has 0 unspecified atom stereocenters. The fourth-order valence-corrected chi connectivity index (χ4v) is 2.98. The molecule has 1 saturated carbocycles. The van der Waals surface area contributed by atoms with Crippen LogP contribution in [0.4, 0.5) is 0 Å². The van der Waals surface area contributed by atoms with Crippen molar-refractivity contribution in [1.29, 1.82) is 0 Å². The number of fused-ring (bicyclic) bond motifs is 3. The van der Waals surface area contributed by atoms with Gasteiger partial charge in [-0.2, -0.15) is 0 Å². The average molecular weight is 216 g/mol. The molecular weight excluding hydrogens is 200 g/mol. The van der Waals surface area contributed by atoms with Crippen molar-refractivity contribution >= 4 is 5.91 Å². The summed E-state index contributed by atoms with van der Waals surface area (Å²) in [6.07, 6.45) is 8.39. The third-order valence-electron chi connectivity index (χ3n) is 3.90. The Morgan fingerprint density at radius 1 is 1.19 bits per heavy atom. The summed E-state index contributed by atoms with van der Waals surface area (Å²) in [6.45, 7) is 0.964. The molecule has 0 aromatic carbocycles. The standard InChI is InChI=1S/C13H16N2O/c16-13(11-5-7-14-8-6-11)15-9-10-1-3-12(15)4-2-10/h5-8,10,12H,1-4,9H2. The minimum atomic E-state index is 0.191. The Labute approximate surface area is 95.5 Å². The van der Waals surface area contributed by atoms with Crippen molar-refractivity contribution in [3.05, 3.63) is 30.1 Å². The smallest absolute Gasteiger partial charge is 0.254 e. The van der Waals surface area contributed by atoms with Crippen molar-refractivity contribution in [2.75, 3.05) is 6.54 Å². The molecule has 3 heteroatoms. The summed E-state index contributed by atoms with van der Waals surface area (Å²) < 4.78 is 0. The van der Waals surface area contributed by atoms with E-state index in [9.17, 15) is 4.79 Å². The highest BCUT2D eigenvalue weighted by molar-refractivity contribution is 5.94. The number of aromatic nitrogens is 1. The maximum Gasteiger partial charge on any atom is 0.254 e. The summed E-state index contributed by atoms with van der Waals surface area (Å²) >= 11 is 0. The quantitative estimate of drug-likeness (QED) is 0.720. The normalized spacial score (nSPS) is 28.1. The zero-order valence-corrected chi connectivity index (χ0v) is 9.30. The van der Waals surface area contributed by atoms with Crippen LogP contribution in [0, 0.1) is 5.92 Å². The van der Waals surface area contributed by atoms with Gasteiger partial charge in [-0.3, -0.25) is 9.78 Å². The maximum atomic E-state index is 12.3. The molecule has 16 heavy (non-hydrogen) atoms. The lowest BCUT2D eigenvalue weighted by atomic mass is 9.80. The SMILES string of the molecule is O=C(c1ccncc1)N1CC2CCC1CC2. The van der Waals surface area contributed by atoms with Crippen LogP contribution in [0.2, 0.25) is 0 Å². The Morgan fingerprint density at radius 2 is 1.88 bits per heavy atom. The minimum absolute atomic E-state index is 0.191. The van der Waals surface area contributed by atoms with Crippen LogP contribution >= 0.6 is 0 Å². The van der Waals surface area contributed by atoms with Crippen LogP contribution < -0.4 is 0 Å². The van der Waals surface area contributed by atoms with Gasteiger partial charge in [0.15, 0.2) is 0 Å². The van der Waals surface area contributed by atoms with Crippen molar-refractivity contribution in [3.8, 4) is 0 Å². The first-order valence-electron chi connectivity index (χ1n) is 6.05. The second-order valence-corrected chi connectivity index (χ2v) is 4.87. The molecule has 3 heterocycles. The van der Waals surface area contributed by atoms with E-state index < -0.39 is 0 Å². The molecule has 1 aromatic rings. The van der Waals surface area contributed by atoms with Crippen LogP contribution in [-0.4, -0.2) is 28.4 Å². The Hall–Kier alpha value is -1.38. The van der Waals surface area contributed by atoms with E-state index in [0.717, 1.165) is 18.0 Å². The van der Waals surface area contributed by atoms with Gasteiger partial charge in [0.25, 0.3) is 5.91 Å². The number of piperidine rings is 2. The first-order valence-corrected chi connectivity index (χ1v) is 6.05. The van der Waals surface area contributed by atoms with Gasteiger partial charge in [0.1, 0.15) is 0 Å². The molecule has 3 aliphatic rings. The molecular formula is C13H16N2O. The number of hydrogen-bond acceptors (Lipinski definition) is 2. The van der Waals surface area contributed by atoms with Crippen LogP contribution in [0.5, 0.6) is 0 Å². The molecule has 2 aliphatic heterocycles. The molecule has 3 nitrogen and oxygen atoms in total. The van der Waals surface area contributed by atoms with Crippen molar-refractivity contribution in [1.82, 2.24) is 9.88 Å². The largest absolute Gasteiger partial charge is 0.335 e. The predicted octanol–water partition coefficient (Wildman–Crippen LogP) is 2.10. The lowest BCUT2D eigenvalue weighted by Gasteiger charge is -2.45. The van der Waals surface area contributed by atoms with Gasteiger partial charge in [0, 0.05) is 30.5 Å². The number of rotatable bonds is 1. The first kappa shape index (κ1) is 9.82. The summed E-state index contributed by atoms with van der Waals surface area (Å²) in [5.74, 6) is 0.938. The summed E-state index contributed by atoms with van der Waals surface area (Å²) in [4.78, 5) is 18.3. The molecule has 0 radical (unpaired) electrons. The number of carbonyl (C=O) groups excluding carboxylic acids is 1. The average Bonchev–Trinajstić information content (AvgIpc) is 2.40. The number of pyridine rings is 1. The summed E-state index contributed by atoms with van der Waals surface area (Å²) in [7, 11) is 0. The molecule has 0 N–H and O–H groups in total. The van der Waals surface area contributed by atoms with Crippen molar-refractivity contribution in [2.45, 2.75) is 31.7 Å². The molecule has 1 aromatic heterocycles. The second kappa shape index (κ2) is 3.89. The number of carbonyl (C=O) groups is 1. The predicted molar refractivity (Wildman–Crippen MR) is 61.0 cm³/mol. The van der Waals surface area contributed by atoms with Gasteiger partial charge in [0.2, 0.25) is 0 Å². The molecule has 2 bridgehead atoms. The van der Waals surface area contributed by atoms with Crippen LogP contribution in [0.3, 0.4) is 0 Å². The van der Waals surface area contributed by atoms with Crippen molar-refractivity contribution in [3.63, 3.8) is 0 Å². The highest BCUT2D eigenvalue weighted by atomic mass is 16.2. The minimum Gasteiger partial charge on any atom is -0.335 e. The van der Waals surface area contributed by atoms with Crippen LogP contribution in [0.1, 0.15) is 36.0 Å². The summed E-state index contributed by atoms with van der Waals surface area (Å²) in [5, 5.41) is 0. The monoisotopic (exact) mass is 216 g/mol. The third-order valence-corrected chi connectivity index (χ3v) is 3.90. The molecule has 3 fully saturated rings. The van der Waals surface area contributed by atoms with Crippen LogP contribution in [0.15, 0.2) is 24.5 Å². The lowest BCUT2D eigenvalue weighted by molar-refractivity contribution is 0.0333. The Morgan fingerprint density at radius 3 is 2.44 bits per heavy atom. The zero-order valence-electron chi connectivity index (χ0n) is 9.30. The Balaban J connectivity index is 1.81. The van der Waals surface area contributed by atoms with E-state index in [2.05, 4.69) is 9.88 Å². The fourth-order valence-electron chi connectivity index (χ4n) is 2.98. The van der Waals surface area contributed by atoms with E-state index in [0.29, 0.717) is 6.04 Å². The topological polar surface area (TPSA) is 33.2 Å². The highest BCUT2D eigenvalue weighted by Crippen LogP contribution is 2.35. The van der Waals surface area contributed by atoms with Gasteiger partial charge < -0.3 is 4.90 Å². The number of amides is 1. The summed E-state index contributed by atoms with van der Waals surface area (Å²) in [6, 6.07) is 4.11. The van der Waals surface area contributed by atoms with Crippen LogP contribution in [0.25, 0.3) is 0 Å². The zero-order chi connectivity index (χ0) is 11.0. The molecule has 2 saturated heterocycles. The molecule has 0 atom stereocenters. The van der Waals surface area contributed by atoms with E-state index in [1.54, 1.807) is 12.4 Å². The molecule has 1 aliphatic carbocycles. The molecule has 84 valence electrons. The third kappa shape index (κ3) is 1.60. The van der Waals surface area contributed by atoms with E-state index in [-0.39, 0.29) is 5.91 Å². The number of nitrogens with zero attached hydrogens (tertiary/aromatic N) is 2. The Kier molecular flexibility index (Phi) is 2.39. The van der Waals surface area contributed by atoms with Crippen molar-refractivity contribution < 1.29 is 4.79 Å². The van der Waals surface area contributed by atoms with Gasteiger partial charge >= 0.3 is 0 Å². The van der Waals surface area contributed by atoms with E-state index >= 15 is 0 Å². The van der Waals surface area contributed by atoms with Gasteiger partial charge in [-0.1, -0.05) is 0 Å². The van der Waals surface area contributed by atoms with E-state index in [4.69, 9.17) is 0 Å². The fraction of sp³-hybridized carbons (Fsp3) is 0.538. The Bertz CT molecular complexity index is 382. The lowest BCUT2D eigenvalue weighted by Crippen LogP contribution is -2.50. The second-order valence-electron chi connectivity index (χ2n) is 4.87. The molecule has 4 rings (SSSR count). The van der Waals surface area contributed by atoms with Crippen molar-refractivity contribution in [2.24, 2.45) is 5.92 Å². The van der Waals surface area contributed by atoms with E-state index in [1.165, 1.54) is 25.7 Å². The van der Waals surface area contributed by atoms with E-state index in [1.807, 2.05) is 12.1 Å². The molecule has 0 spiro atoms. The van der Waals surface area contributed by atoms with Gasteiger partial charge in [-0.15, -0.1) is 0 Å². The first-order chi connectivity index (χ1) is 7.84. The van der Waals surface area contributed by atoms with Gasteiger partial charge in [-0.05, 0) is 43.7 Å². The maximum absolute atomic E-state index is 12.3. The van der Waals surface area contributed by atoms with Gasteiger partial charge in [-0.25, -0.2) is 0 Å². The summed E-state index contributed by atoms with van der Waals surface area (Å²) in [5.41, 5.74) is 0.780. The molecule has 1 amide bonds. The van der Waals surface area contributed by atoms with Crippen LogP contribution in [-0.2, 0) is 0 Å². The van der Waals surface area contributed by atoms with Gasteiger partial charge in [0.05, 0.1) is 0 Å². The highest BCUT2D eigenvalue weighted by Gasteiger charge is 2.36.